The number of methoxy groups -OCH3 is 2. The molecule has 5 heteroatoms. The minimum absolute atomic E-state index is 0.0227. The van der Waals surface area contributed by atoms with Gasteiger partial charge >= 0.3 is 0 Å². The molecule has 1 N–H and O–H groups in total. The minimum Gasteiger partial charge on any atom is -0.493 e. The highest BCUT2D eigenvalue weighted by Gasteiger charge is 2.05. The molecule has 0 aromatic heterocycles. The molecule has 0 aliphatic heterocycles. The smallest absolute Gasteiger partial charge is 0.221 e. The van der Waals surface area contributed by atoms with Crippen molar-refractivity contribution in [1.82, 2.24) is 5.32 Å². The molecule has 0 unspecified atom stereocenters. The Morgan fingerprint density at radius 2 is 2.00 bits per heavy atom. The Hall–Kier alpha value is -1.42. The Morgan fingerprint density at radius 1 is 1.28 bits per heavy atom. The van der Waals surface area contributed by atoms with Crippen molar-refractivity contribution in [1.29, 1.82) is 0 Å². The largest absolute Gasteiger partial charge is 0.493 e. The molecule has 100 valence electrons. The van der Waals surface area contributed by atoms with Crippen LogP contribution in [-0.4, -0.2) is 32.6 Å². The summed E-state index contributed by atoms with van der Waals surface area (Å²) in [5.74, 6) is 1.72. The SMILES string of the molecule is COc1ccc(CCNC(=O)CCCl)cc1OC. The number of hydrogen-bond acceptors (Lipinski definition) is 3. The number of halogens is 1. The second-order valence-corrected chi connectivity index (χ2v) is 4.11. The lowest BCUT2D eigenvalue weighted by molar-refractivity contribution is -0.120. The molecular weight excluding hydrogens is 254 g/mol. The van der Waals surface area contributed by atoms with Gasteiger partial charge in [-0.3, -0.25) is 4.79 Å². The molecule has 18 heavy (non-hydrogen) atoms. The van der Waals surface area contributed by atoms with Crippen molar-refractivity contribution in [2.75, 3.05) is 26.6 Å². The van der Waals surface area contributed by atoms with Crippen LogP contribution in [0.1, 0.15) is 12.0 Å². The monoisotopic (exact) mass is 271 g/mol. The standard InChI is InChI=1S/C13H18ClNO3/c1-17-11-4-3-10(9-12(11)18-2)6-8-15-13(16)5-7-14/h3-4,9H,5-8H2,1-2H3,(H,15,16). The van der Waals surface area contributed by atoms with Crippen LogP contribution in [0.15, 0.2) is 18.2 Å². The van der Waals surface area contributed by atoms with E-state index in [0.717, 1.165) is 12.0 Å². The zero-order valence-corrected chi connectivity index (χ0v) is 11.4. The van der Waals surface area contributed by atoms with Gasteiger partial charge < -0.3 is 14.8 Å². The molecule has 0 spiro atoms. The van der Waals surface area contributed by atoms with Gasteiger partial charge in [-0.15, -0.1) is 11.6 Å². The van der Waals surface area contributed by atoms with Crippen molar-refractivity contribution < 1.29 is 14.3 Å². The molecule has 1 rings (SSSR count). The fraction of sp³-hybridized carbons (Fsp3) is 0.462. The number of ether oxygens (including phenoxy) is 2. The fourth-order valence-electron chi connectivity index (χ4n) is 1.56. The van der Waals surface area contributed by atoms with Crippen LogP contribution in [0, 0.1) is 0 Å². The van der Waals surface area contributed by atoms with Crippen LogP contribution < -0.4 is 14.8 Å². The van der Waals surface area contributed by atoms with E-state index >= 15 is 0 Å². The molecule has 1 amide bonds. The Kier molecular flexibility index (Phi) is 6.36. The maximum atomic E-state index is 11.2. The topological polar surface area (TPSA) is 47.6 Å². The first-order chi connectivity index (χ1) is 8.71. The van der Waals surface area contributed by atoms with Gasteiger partial charge in [-0.25, -0.2) is 0 Å². The third-order valence-electron chi connectivity index (χ3n) is 2.51. The Labute approximate surface area is 112 Å². The Morgan fingerprint density at radius 3 is 2.61 bits per heavy atom. The lowest BCUT2D eigenvalue weighted by atomic mass is 10.1. The highest BCUT2D eigenvalue weighted by Crippen LogP contribution is 2.27. The predicted molar refractivity (Wildman–Crippen MR) is 71.6 cm³/mol. The van der Waals surface area contributed by atoms with E-state index in [1.807, 2.05) is 18.2 Å². The summed E-state index contributed by atoms with van der Waals surface area (Å²) in [5, 5.41) is 2.80. The van der Waals surface area contributed by atoms with Crippen molar-refractivity contribution in [3.63, 3.8) is 0 Å². The summed E-state index contributed by atoms with van der Waals surface area (Å²) in [4.78, 5) is 11.2. The van der Waals surface area contributed by atoms with Gasteiger partial charge in [0.25, 0.3) is 0 Å². The van der Waals surface area contributed by atoms with E-state index in [0.29, 0.717) is 30.3 Å². The molecule has 4 nitrogen and oxygen atoms in total. The Balaban J connectivity index is 2.50. The maximum absolute atomic E-state index is 11.2. The number of alkyl halides is 1. The van der Waals surface area contributed by atoms with Gasteiger partial charge in [0.1, 0.15) is 0 Å². The molecule has 0 aliphatic carbocycles. The summed E-state index contributed by atoms with van der Waals surface area (Å²) in [6, 6.07) is 5.72. The van der Waals surface area contributed by atoms with E-state index in [4.69, 9.17) is 21.1 Å². The molecule has 0 fully saturated rings. The third-order valence-corrected chi connectivity index (χ3v) is 2.69. The van der Waals surface area contributed by atoms with Crippen LogP contribution in [0.3, 0.4) is 0 Å². The third kappa shape index (κ3) is 4.45. The first-order valence-corrected chi connectivity index (χ1v) is 6.28. The average Bonchev–Trinajstić information content (AvgIpc) is 2.38. The number of carbonyl (C=O) groups excluding carboxylic acids is 1. The van der Waals surface area contributed by atoms with Crippen LogP contribution in [0.4, 0.5) is 0 Å². The number of nitrogens with one attached hydrogen (secondary N) is 1. The normalized spacial score (nSPS) is 9.94. The fourth-order valence-corrected chi connectivity index (χ4v) is 1.73. The first kappa shape index (κ1) is 14.6. The molecule has 1 aromatic rings. The first-order valence-electron chi connectivity index (χ1n) is 5.74. The summed E-state index contributed by atoms with van der Waals surface area (Å²) in [6.07, 6.45) is 1.10. The van der Waals surface area contributed by atoms with Gasteiger partial charge in [-0.1, -0.05) is 6.07 Å². The molecule has 0 saturated heterocycles. The highest BCUT2D eigenvalue weighted by atomic mass is 35.5. The molecular formula is C13H18ClNO3. The van der Waals surface area contributed by atoms with E-state index in [1.54, 1.807) is 14.2 Å². The summed E-state index contributed by atoms with van der Waals surface area (Å²) in [7, 11) is 3.20. The van der Waals surface area contributed by atoms with E-state index in [1.165, 1.54) is 0 Å². The molecule has 0 aliphatic rings. The minimum atomic E-state index is -0.0227. The summed E-state index contributed by atoms with van der Waals surface area (Å²) >= 11 is 5.47. The van der Waals surface area contributed by atoms with Crippen LogP contribution in [-0.2, 0) is 11.2 Å². The zero-order chi connectivity index (χ0) is 13.4. The lowest BCUT2D eigenvalue weighted by Gasteiger charge is -2.10. The van der Waals surface area contributed by atoms with Gasteiger partial charge in [0.2, 0.25) is 5.91 Å². The van der Waals surface area contributed by atoms with Crippen LogP contribution in [0.25, 0.3) is 0 Å². The zero-order valence-electron chi connectivity index (χ0n) is 10.7. The van der Waals surface area contributed by atoms with E-state index < -0.39 is 0 Å². The summed E-state index contributed by atoms with van der Waals surface area (Å²) in [5.41, 5.74) is 1.08. The van der Waals surface area contributed by atoms with E-state index in [-0.39, 0.29) is 5.91 Å². The second-order valence-electron chi connectivity index (χ2n) is 3.73. The molecule has 0 saturated carbocycles. The van der Waals surface area contributed by atoms with E-state index in [2.05, 4.69) is 5.32 Å². The molecule has 0 bridgehead atoms. The lowest BCUT2D eigenvalue weighted by Crippen LogP contribution is -2.25. The van der Waals surface area contributed by atoms with Crippen molar-refractivity contribution in [2.24, 2.45) is 0 Å². The quantitative estimate of drug-likeness (QED) is 0.772. The Bertz CT molecular complexity index is 396. The van der Waals surface area contributed by atoms with Crippen LogP contribution in [0.2, 0.25) is 0 Å². The number of benzene rings is 1. The summed E-state index contributed by atoms with van der Waals surface area (Å²) in [6.45, 7) is 0.588. The highest BCUT2D eigenvalue weighted by molar-refractivity contribution is 6.18. The molecule has 0 radical (unpaired) electrons. The average molecular weight is 272 g/mol. The van der Waals surface area contributed by atoms with Crippen molar-refractivity contribution >= 4 is 17.5 Å². The van der Waals surface area contributed by atoms with Crippen LogP contribution >= 0.6 is 11.6 Å². The number of hydrogen-bond donors (Lipinski definition) is 1. The van der Waals surface area contributed by atoms with Gasteiger partial charge in [0.05, 0.1) is 14.2 Å². The van der Waals surface area contributed by atoms with Crippen LogP contribution in [0.5, 0.6) is 11.5 Å². The second kappa shape index (κ2) is 7.82. The van der Waals surface area contributed by atoms with Gasteiger partial charge in [0, 0.05) is 18.8 Å². The molecule has 0 atom stereocenters. The van der Waals surface area contributed by atoms with E-state index in [9.17, 15) is 4.79 Å². The predicted octanol–water partition coefficient (Wildman–Crippen LogP) is 1.99. The summed E-state index contributed by atoms with van der Waals surface area (Å²) < 4.78 is 10.4. The van der Waals surface area contributed by atoms with Crippen molar-refractivity contribution in [3.05, 3.63) is 23.8 Å². The molecule has 0 heterocycles. The number of carbonyl (C=O) groups is 1. The number of amides is 1. The maximum Gasteiger partial charge on any atom is 0.221 e. The van der Waals surface area contributed by atoms with Crippen molar-refractivity contribution in [3.8, 4) is 11.5 Å². The van der Waals surface area contributed by atoms with Gasteiger partial charge in [-0.05, 0) is 24.1 Å². The molecule has 1 aromatic carbocycles. The van der Waals surface area contributed by atoms with Gasteiger partial charge in [-0.2, -0.15) is 0 Å². The van der Waals surface area contributed by atoms with Gasteiger partial charge in [0.15, 0.2) is 11.5 Å². The van der Waals surface area contributed by atoms with Crippen molar-refractivity contribution in [2.45, 2.75) is 12.8 Å². The number of rotatable bonds is 7.